The van der Waals surface area contributed by atoms with Gasteiger partial charge in [0, 0.05) is 47.9 Å². The van der Waals surface area contributed by atoms with Gasteiger partial charge in [0.1, 0.15) is 0 Å². The second-order valence-electron chi connectivity index (χ2n) is 6.06. The molecule has 1 aliphatic heterocycles. The zero-order valence-electron chi connectivity index (χ0n) is 13.9. The van der Waals surface area contributed by atoms with Crippen LogP contribution in [-0.2, 0) is 6.42 Å². The van der Waals surface area contributed by atoms with Crippen molar-refractivity contribution in [3.8, 4) is 0 Å². The average molecular weight is 423 g/mol. The number of urea groups is 1. The van der Waals surface area contributed by atoms with Gasteiger partial charge in [0.2, 0.25) is 0 Å². The maximum absolute atomic E-state index is 12.3. The average Bonchev–Trinajstić information content (AvgIpc) is 2.63. The summed E-state index contributed by atoms with van der Waals surface area (Å²) in [5.41, 5.74) is 2.33. The summed E-state index contributed by atoms with van der Waals surface area (Å²) in [5.74, 6) is 0. The van der Waals surface area contributed by atoms with E-state index in [9.17, 15) is 4.79 Å². The molecule has 0 bridgehead atoms. The van der Waals surface area contributed by atoms with Crippen molar-refractivity contribution in [3.05, 3.63) is 63.6 Å². The maximum Gasteiger partial charge on any atom is 0.317 e. The van der Waals surface area contributed by atoms with E-state index in [1.807, 2.05) is 35.2 Å². The van der Waals surface area contributed by atoms with E-state index >= 15 is 0 Å². The van der Waals surface area contributed by atoms with Crippen LogP contribution in [0.4, 0.5) is 10.5 Å². The Hall–Kier alpha value is -1.72. The quantitative estimate of drug-likeness (QED) is 0.802. The fourth-order valence-electron chi connectivity index (χ4n) is 2.92. The van der Waals surface area contributed by atoms with Crippen molar-refractivity contribution in [2.75, 3.05) is 37.6 Å². The number of rotatable bonds is 4. The van der Waals surface area contributed by atoms with Crippen LogP contribution in [0.1, 0.15) is 5.56 Å². The number of carbonyl (C=O) groups is 1. The highest BCUT2D eigenvalue weighted by atomic mass is 79.9. The van der Waals surface area contributed by atoms with Gasteiger partial charge in [-0.2, -0.15) is 0 Å². The number of benzene rings is 2. The lowest BCUT2D eigenvalue weighted by Gasteiger charge is -2.36. The second kappa shape index (κ2) is 8.59. The minimum atomic E-state index is 0.0165. The minimum Gasteiger partial charge on any atom is -0.368 e. The third-order valence-electron chi connectivity index (χ3n) is 4.34. The molecule has 1 N–H and O–H groups in total. The van der Waals surface area contributed by atoms with Crippen molar-refractivity contribution in [3.63, 3.8) is 0 Å². The Balaban J connectivity index is 1.43. The van der Waals surface area contributed by atoms with E-state index in [1.54, 1.807) is 0 Å². The normalized spacial score (nSPS) is 14.5. The lowest BCUT2D eigenvalue weighted by Crippen LogP contribution is -2.52. The van der Waals surface area contributed by atoms with Crippen molar-refractivity contribution in [1.82, 2.24) is 10.2 Å². The van der Waals surface area contributed by atoms with Crippen LogP contribution in [0.25, 0.3) is 0 Å². The van der Waals surface area contributed by atoms with E-state index in [0.717, 1.165) is 47.8 Å². The smallest absolute Gasteiger partial charge is 0.317 e. The standard InChI is InChI=1S/C19H21BrClN3O/c20-16-6-4-15(5-7-16)8-9-22-19(25)24-12-10-23(11-13-24)18-3-1-2-17(21)14-18/h1-7,14H,8-13H2,(H,22,25). The van der Waals surface area contributed by atoms with Gasteiger partial charge in [-0.3, -0.25) is 0 Å². The van der Waals surface area contributed by atoms with Gasteiger partial charge in [-0.25, -0.2) is 4.79 Å². The largest absolute Gasteiger partial charge is 0.368 e. The molecule has 0 spiro atoms. The van der Waals surface area contributed by atoms with Crippen LogP contribution in [0.3, 0.4) is 0 Å². The second-order valence-corrected chi connectivity index (χ2v) is 7.41. The third-order valence-corrected chi connectivity index (χ3v) is 5.11. The fourth-order valence-corrected chi connectivity index (χ4v) is 3.37. The Morgan fingerprint density at radius 1 is 1.08 bits per heavy atom. The Bertz CT molecular complexity index is 715. The highest BCUT2D eigenvalue weighted by Gasteiger charge is 2.21. The van der Waals surface area contributed by atoms with Crippen LogP contribution in [0.5, 0.6) is 0 Å². The van der Waals surface area contributed by atoms with Gasteiger partial charge in [-0.15, -0.1) is 0 Å². The van der Waals surface area contributed by atoms with Crippen molar-refractivity contribution in [2.24, 2.45) is 0 Å². The van der Waals surface area contributed by atoms with E-state index < -0.39 is 0 Å². The molecule has 2 aromatic carbocycles. The number of hydrogen-bond donors (Lipinski definition) is 1. The summed E-state index contributed by atoms with van der Waals surface area (Å²) in [6, 6.07) is 16.1. The Morgan fingerprint density at radius 3 is 2.48 bits per heavy atom. The molecule has 1 aliphatic rings. The minimum absolute atomic E-state index is 0.0165. The predicted molar refractivity (Wildman–Crippen MR) is 106 cm³/mol. The van der Waals surface area contributed by atoms with Gasteiger partial charge in [0.05, 0.1) is 0 Å². The molecule has 6 heteroatoms. The number of nitrogens with one attached hydrogen (secondary N) is 1. The fraction of sp³-hybridized carbons (Fsp3) is 0.316. The van der Waals surface area contributed by atoms with Gasteiger partial charge >= 0.3 is 6.03 Å². The van der Waals surface area contributed by atoms with Crippen molar-refractivity contribution < 1.29 is 4.79 Å². The molecule has 0 saturated carbocycles. The predicted octanol–water partition coefficient (Wildman–Crippen LogP) is 4.18. The zero-order valence-corrected chi connectivity index (χ0v) is 16.3. The summed E-state index contributed by atoms with van der Waals surface area (Å²) in [6.45, 7) is 3.73. The van der Waals surface area contributed by atoms with Gasteiger partial charge in [0.15, 0.2) is 0 Å². The summed E-state index contributed by atoms with van der Waals surface area (Å²) in [4.78, 5) is 16.4. The molecule has 0 aromatic heterocycles. The molecular weight excluding hydrogens is 402 g/mol. The van der Waals surface area contributed by atoms with Gasteiger partial charge < -0.3 is 15.1 Å². The van der Waals surface area contributed by atoms with Crippen LogP contribution >= 0.6 is 27.5 Å². The van der Waals surface area contributed by atoms with Crippen LogP contribution in [0, 0.1) is 0 Å². The lowest BCUT2D eigenvalue weighted by molar-refractivity contribution is 0.194. The third kappa shape index (κ3) is 5.13. The molecule has 25 heavy (non-hydrogen) atoms. The van der Waals surface area contributed by atoms with Crippen LogP contribution < -0.4 is 10.2 Å². The topological polar surface area (TPSA) is 35.6 Å². The first-order chi connectivity index (χ1) is 12.1. The summed E-state index contributed by atoms with van der Waals surface area (Å²) < 4.78 is 1.07. The number of carbonyl (C=O) groups excluding carboxylic acids is 1. The van der Waals surface area contributed by atoms with Crippen molar-refractivity contribution in [2.45, 2.75) is 6.42 Å². The van der Waals surface area contributed by atoms with E-state index in [-0.39, 0.29) is 6.03 Å². The first-order valence-electron chi connectivity index (χ1n) is 8.39. The molecule has 3 rings (SSSR count). The Kier molecular flexibility index (Phi) is 6.21. The Morgan fingerprint density at radius 2 is 1.80 bits per heavy atom. The van der Waals surface area contributed by atoms with Crippen LogP contribution in [0.2, 0.25) is 5.02 Å². The number of hydrogen-bond acceptors (Lipinski definition) is 2. The molecule has 132 valence electrons. The van der Waals surface area contributed by atoms with E-state index in [4.69, 9.17) is 11.6 Å². The van der Waals surface area contributed by atoms with E-state index in [0.29, 0.717) is 6.54 Å². The molecule has 2 aromatic rings. The monoisotopic (exact) mass is 421 g/mol. The number of halogens is 2. The van der Waals surface area contributed by atoms with E-state index in [2.05, 4.69) is 44.3 Å². The summed E-state index contributed by atoms with van der Waals surface area (Å²) in [6.07, 6.45) is 0.835. The first kappa shape index (κ1) is 18.1. The number of piperazine rings is 1. The van der Waals surface area contributed by atoms with Gasteiger partial charge in [0.25, 0.3) is 0 Å². The molecular formula is C19H21BrClN3O. The molecule has 0 unspecified atom stereocenters. The SMILES string of the molecule is O=C(NCCc1ccc(Br)cc1)N1CCN(c2cccc(Cl)c2)CC1. The van der Waals surface area contributed by atoms with Crippen molar-refractivity contribution in [1.29, 1.82) is 0 Å². The molecule has 0 radical (unpaired) electrons. The Labute approximate surface area is 161 Å². The van der Waals surface area contributed by atoms with Crippen LogP contribution in [0.15, 0.2) is 53.0 Å². The molecule has 2 amide bonds. The lowest BCUT2D eigenvalue weighted by atomic mass is 10.1. The first-order valence-corrected chi connectivity index (χ1v) is 9.57. The highest BCUT2D eigenvalue weighted by Crippen LogP contribution is 2.20. The van der Waals surface area contributed by atoms with Crippen molar-refractivity contribution >= 4 is 39.2 Å². The maximum atomic E-state index is 12.3. The highest BCUT2D eigenvalue weighted by molar-refractivity contribution is 9.10. The molecule has 1 fully saturated rings. The summed E-state index contributed by atoms with van der Waals surface area (Å²) >= 11 is 9.48. The molecule has 1 saturated heterocycles. The number of anilines is 1. The molecule has 0 atom stereocenters. The zero-order chi connectivity index (χ0) is 17.6. The molecule has 0 aliphatic carbocycles. The molecule has 4 nitrogen and oxygen atoms in total. The summed E-state index contributed by atoms with van der Waals surface area (Å²) in [7, 11) is 0. The van der Waals surface area contributed by atoms with Crippen LogP contribution in [-0.4, -0.2) is 43.7 Å². The van der Waals surface area contributed by atoms with Gasteiger partial charge in [-0.05, 0) is 42.3 Å². The molecule has 1 heterocycles. The summed E-state index contributed by atoms with van der Waals surface area (Å²) in [5, 5.41) is 3.76. The number of amides is 2. The number of nitrogens with zero attached hydrogens (tertiary/aromatic N) is 2. The van der Waals surface area contributed by atoms with E-state index in [1.165, 1.54) is 5.56 Å². The van der Waals surface area contributed by atoms with Gasteiger partial charge in [-0.1, -0.05) is 45.7 Å².